The van der Waals surface area contributed by atoms with Gasteiger partial charge in [-0.1, -0.05) is 39.0 Å². The van der Waals surface area contributed by atoms with Gasteiger partial charge in [-0.25, -0.2) is 0 Å². The number of carbonyl (C=O) groups is 2. The molecule has 4 heteroatoms. The van der Waals surface area contributed by atoms with E-state index in [0.717, 1.165) is 23.4 Å². The molecule has 124 valence electrons. The average molecular weight is 322 g/mol. The standard InChI is InChI=1S/C20H22N2O2/c1-20(2,3)19(24)21-16-9-10-17-15(13-16)11-12-22(17)18(23)14-7-5-4-6-8-14/h4-10,13H,11-12H2,1-3H3,(H,21,24). The van der Waals surface area contributed by atoms with Crippen LogP contribution in [0.2, 0.25) is 0 Å². The first kappa shape index (κ1) is 16.2. The molecule has 4 nitrogen and oxygen atoms in total. The van der Waals surface area contributed by atoms with Gasteiger partial charge in [-0.05, 0) is 42.3 Å². The maximum Gasteiger partial charge on any atom is 0.258 e. The molecular formula is C20H22N2O2. The Morgan fingerprint density at radius 3 is 2.42 bits per heavy atom. The van der Waals surface area contributed by atoms with Crippen molar-refractivity contribution in [2.45, 2.75) is 27.2 Å². The summed E-state index contributed by atoms with van der Waals surface area (Å²) in [5, 5.41) is 2.94. The molecule has 0 aliphatic carbocycles. The Bertz CT molecular complexity index is 776. The van der Waals surface area contributed by atoms with Gasteiger partial charge in [0.2, 0.25) is 5.91 Å². The Morgan fingerprint density at radius 2 is 1.75 bits per heavy atom. The zero-order chi connectivity index (χ0) is 17.3. The van der Waals surface area contributed by atoms with Gasteiger partial charge in [0.15, 0.2) is 0 Å². The largest absolute Gasteiger partial charge is 0.326 e. The minimum Gasteiger partial charge on any atom is -0.326 e. The molecule has 0 atom stereocenters. The molecule has 1 N–H and O–H groups in total. The van der Waals surface area contributed by atoms with Gasteiger partial charge >= 0.3 is 0 Å². The molecule has 1 heterocycles. The lowest BCUT2D eigenvalue weighted by molar-refractivity contribution is -0.123. The second kappa shape index (κ2) is 6.11. The number of fused-ring (bicyclic) bond motifs is 1. The summed E-state index contributed by atoms with van der Waals surface area (Å²) in [6.07, 6.45) is 0.799. The van der Waals surface area contributed by atoms with Gasteiger partial charge in [-0.3, -0.25) is 9.59 Å². The van der Waals surface area contributed by atoms with Crippen LogP contribution in [0.25, 0.3) is 0 Å². The quantitative estimate of drug-likeness (QED) is 0.912. The van der Waals surface area contributed by atoms with Crippen molar-refractivity contribution in [2.24, 2.45) is 5.41 Å². The number of anilines is 2. The smallest absolute Gasteiger partial charge is 0.258 e. The molecule has 1 aliphatic heterocycles. The average Bonchev–Trinajstić information content (AvgIpc) is 2.97. The summed E-state index contributed by atoms with van der Waals surface area (Å²) in [5.41, 5.74) is 3.05. The van der Waals surface area contributed by atoms with Crippen LogP contribution < -0.4 is 10.2 Å². The van der Waals surface area contributed by atoms with E-state index in [-0.39, 0.29) is 11.8 Å². The van der Waals surface area contributed by atoms with Crippen LogP contribution in [0.15, 0.2) is 48.5 Å². The van der Waals surface area contributed by atoms with Crippen molar-refractivity contribution in [3.8, 4) is 0 Å². The Morgan fingerprint density at radius 1 is 1.04 bits per heavy atom. The predicted octanol–water partition coefficient (Wildman–Crippen LogP) is 3.87. The lowest BCUT2D eigenvalue weighted by Crippen LogP contribution is -2.29. The maximum absolute atomic E-state index is 12.7. The minimum absolute atomic E-state index is 0.0147. The van der Waals surface area contributed by atoms with Crippen LogP contribution in [0.5, 0.6) is 0 Å². The van der Waals surface area contributed by atoms with Crippen LogP contribution in [-0.4, -0.2) is 18.4 Å². The molecule has 0 bridgehead atoms. The highest BCUT2D eigenvalue weighted by atomic mass is 16.2. The first-order chi connectivity index (χ1) is 11.4. The van der Waals surface area contributed by atoms with Gasteiger partial charge in [-0.2, -0.15) is 0 Å². The van der Waals surface area contributed by atoms with E-state index in [1.54, 1.807) is 4.90 Å². The molecule has 0 saturated carbocycles. The highest BCUT2D eigenvalue weighted by molar-refractivity contribution is 6.07. The summed E-state index contributed by atoms with van der Waals surface area (Å²) >= 11 is 0. The number of nitrogens with zero attached hydrogens (tertiary/aromatic N) is 1. The monoisotopic (exact) mass is 322 g/mol. The molecule has 0 spiro atoms. The van der Waals surface area contributed by atoms with E-state index in [0.29, 0.717) is 12.1 Å². The second-order valence-corrected chi connectivity index (χ2v) is 7.12. The van der Waals surface area contributed by atoms with Crippen molar-refractivity contribution in [1.82, 2.24) is 0 Å². The third-order valence-electron chi connectivity index (χ3n) is 4.18. The third kappa shape index (κ3) is 3.18. The van der Waals surface area contributed by atoms with Crippen molar-refractivity contribution in [3.05, 3.63) is 59.7 Å². The van der Waals surface area contributed by atoms with Gasteiger partial charge < -0.3 is 10.2 Å². The van der Waals surface area contributed by atoms with E-state index < -0.39 is 5.41 Å². The topological polar surface area (TPSA) is 49.4 Å². The number of hydrogen-bond acceptors (Lipinski definition) is 2. The van der Waals surface area contributed by atoms with Gasteiger partial charge in [0.25, 0.3) is 5.91 Å². The van der Waals surface area contributed by atoms with E-state index in [9.17, 15) is 9.59 Å². The van der Waals surface area contributed by atoms with Crippen molar-refractivity contribution < 1.29 is 9.59 Å². The molecule has 0 unspecified atom stereocenters. The number of carbonyl (C=O) groups excluding carboxylic acids is 2. The third-order valence-corrected chi connectivity index (χ3v) is 4.18. The molecule has 0 saturated heterocycles. The van der Waals surface area contributed by atoms with Crippen LogP contribution in [0.1, 0.15) is 36.7 Å². The number of rotatable bonds is 2. The zero-order valence-electron chi connectivity index (χ0n) is 14.3. The molecule has 1 aliphatic rings. The number of hydrogen-bond donors (Lipinski definition) is 1. The van der Waals surface area contributed by atoms with Gasteiger partial charge in [0.05, 0.1) is 0 Å². The molecule has 0 radical (unpaired) electrons. The number of nitrogens with one attached hydrogen (secondary N) is 1. The van der Waals surface area contributed by atoms with Crippen LogP contribution in [-0.2, 0) is 11.2 Å². The summed E-state index contributed by atoms with van der Waals surface area (Å²) in [7, 11) is 0. The van der Waals surface area contributed by atoms with Gasteiger partial charge in [-0.15, -0.1) is 0 Å². The number of amides is 2. The Kier molecular flexibility index (Phi) is 4.14. The number of benzene rings is 2. The summed E-state index contributed by atoms with van der Waals surface area (Å²) in [6, 6.07) is 15.1. The fourth-order valence-corrected chi connectivity index (χ4v) is 2.75. The molecule has 24 heavy (non-hydrogen) atoms. The highest BCUT2D eigenvalue weighted by Gasteiger charge is 2.26. The molecule has 2 aromatic rings. The van der Waals surface area contributed by atoms with E-state index in [1.165, 1.54) is 0 Å². The normalized spacial score (nSPS) is 13.5. The lowest BCUT2D eigenvalue weighted by Gasteiger charge is -2.19. The van der Waals surface area contributed by atoms with Crippen LogP contribution in [0, 0.1) is 5.41 Å². The molecule has 0 aromatic heterocycles. The summed E-state index contributed by atoms with van der Waals surface area (Å²) in [4.78, 5) is 26.6. The summed E-state index contributed by atoms with van der Waals surface area (Å²) in [5.74, 6) is -0.00140. The van der Waals surface area contributed by atoms with Crippen molar-refractivity contribution in [2.75, 3.05) is 16.8 Å². The van der Waals surface area contributed by atoms with Crippen molar-refractivity contribution >= 4 is 23.2 Å². The SMILES string of the molecule is CC(C)(C)C(=O)Nc1ccc2c(c1)CCN2C(=O)c1ccccc1. The van der Waals surface area contributed by atoms with Crippen molar-refractivity contribution in [3.63, 3.8) is 0 Å². The van der Waals surface area contributed by atoms with Crippen LogP contribution >= 0.6 is 0 Å². The van der Waals surface area contributed by atoms with Crippen LogP contribution in [0.4, 0.5) is 11.4 Å². The predicted molar refractivity (Wildman–Crippen MR) is 96.3 cm³/mol. The van der Waals surface area contributed by atoms with Crippen LogP contribution in [0.3, 0.4) is 0 Å². The molecular weight excluding hydrogens is 300 g/mol. The van der Waals surface area contributed by atoms with E-state index >= 15 is 0 Å². The Balaban J connectivity index is 1.81. The zero-order valence-corrected chi connectivity index (χ0v) is 14.3. The second-order valence-electron chi connectivity index (χ2n) is 7.12. The van der Waals surface area contributed by atoms with E-state index in [2.05, 4.69) is 5.32 Å². The molecule has 3 rings (SSSR count). The summed E-state index contributed by atoms with van der Waals surface area (Å²) in [6.45, 7) is 6.32. The molecule has 0 fully saturated rings. The first-order valence-electron chi connectivity index (χ1n) is 8.17. The van der Waals surface area contributed by atoms with Crippen molar-refractivity contribution in [1.29, 1.82) is 0 Å². The van der Waals surface area contributed by atoms with E-state index in [1.807, 2.05) is 69.3 Å². The Hall–Kier alpha value is -2.62. The highest BCUT2D eigenvalue weighted by Crippen LogP contribution is 2.32. The molecule has 2 aromatic carbocycles. The maximum atomic E-state index is 12.7. The lowest BCUT2D eigenvalue weighted by atomic mass is 9.95. The van der Waals surface area contributed by atoms with Gasteiger partial charge in [0.1, 0.15) is 0 Å². The molecule has 2 amide bonds. The minimum atomic E-state index is -0.436. The fourth-order valence-electron chi connectivity index (χ4n) is 2.75. The Labute approximate surface area is 142 Å². The van der Waals surface area contributed by atoms with Gasteiger partial charge in [0, 0.05) is 28.9 Å². The first-order valence-corrected chi connectivity index (χ1v) is 8.17. The van der Waals surface area contributed by atoms with E-state index in [4.69, 9.17) is 0 Å². The fraction of sp³-hybridized carbons (Fsp3) is 0.300. The summed E-state index contributed by atoms with van der Waals surface area (Å²) < 4.78 is 0.